The van der Waals surface area contributed by atoms with Crippen LogP contribution in [0, 0.1) is 0 Å². The van der Waals surface area contributed by atoms with E-state index in [1.54, 1.807) is 23.1 Å². The number of nitrogens with two attached hydrogens (primary N) is 1. The molecule has 5 heteroatoms. The van der Waals surface area contributed by atoms with Crippen molar-refractivity contribution in [2.24, 2.45) is 0 Å². The number of anilines is 1. The second kappa shape index (κ2) is 5.45. The minimum absolute atomic E-state index is 0.621. The third-order valence-electron chi connectivity index (χ3n) is 2.03. The van der Waals surface area contributed by atoms with Crippen molar-refractivity contribution >= 4 is 56.3 Å². The van der Waals surface area contributed by atoms with Crippen molar-refractivity contribution in [3.8, 4) is 0 Å². The molecule has 0 bridgehead atoms. The molecular weight excluding hydrogens is 326 g/mol. The molecule has 1 nitrogen and oxygen atoms in total. The molecule has 0 aliphatic carbocycles. The molecule has 2 N–H and O–H groups in total. The first-order valence-corrected chi connectivity index (χ1v) is 7.60. The number of thiophene rings is 1. The highest BCUT2D eigenvalue weighted by Gasteiger charge is 2.03. The standard InChI is InChI=1S/C11H9BrClNS2/c12-8-3-4-15-11(8)6-16-7-1-2-10(14)9(13)5-7/h1-5H,6,14H2. The van der Waals surface area contributed by atoms with Gasteiger partial charge in [-0.05, 0) is 45.6 Å². The van der Waals surface area contributed by atoms with E-state index in [0.717, 1.165) is 10.6 Å². The van der Waals surface area contributed by atoms with E-state index in [4.69, 9.17) is 17.3 Å². The lowest BCUT2D eigenvalue weighted by Gasteiger charge is -2.03. The van der Waals surface area contributed by atoms with Crippen LogP contribution in [-0.4, -0.2) is 0 Å². The van der Waals surface area contributed by atoms with Gasteiger partial charge in [-0.25, -0.2) is 0 Å². The monoisotopic (exact) mass is 333 g/mol. The summed E-state index contributed by atoms with van der Waals surface area (Å²) in [5, 5.41) is 2.70. The van der Waals surface area contributed by atoms with E-state index in [1.807, 2.05) is 18.2 Å². The summed E-state index contributed by atoms with van der Waals surface area (Å²) in [5.41, 5.74) is 6.28. The second-order valence-electron chi connectivity index (χ2n) is 3.16. The maximum atomic E-state index is 5.96. The van der Waals surface area contributed by atoms with Crippen LogP contribution in [0.15, 0.2) is 39.0 Å². The summed E-state index contributed by atoms with van der Waals surface area (Å²) in [6, 6.07) is 7.81. The Bertz CT molecular complexity index is 498. The lowest BCUT2D eigenvalue weighted by atomic mass is 10.3. The number of hydrogen-bond acceptors (Lipinski definition) is 3. The van der Waals surface area contributed by atoms with E-state index in [0.29, 0.717) is 10.7 Å². The van der Waals surface area contributed by atoms with Gasteiger partial charge in [0, 0.05) is 20.0 Å². The minimum atomic E-state index is 0.621. The highest BCUT2D eigenvalue weighted by Crippen LogP contribution is 2.32. The fourth-order valence-electron chi connectivity index (χ4n) is 1.17. The highest BCUT2D eigenvalue weighted by atomic mass is 79.9. The Hall–Kier alpha value is -0.160. The predicted molar refractivity (Wildman–Crippen MR) is 77.4 cm³/mol. The number of thioether (sulfide) groups is 1. The largest absolute Gasteiger partial charge is 0.398 e. The Morgan fingerprint density at radius 2 is 2.19 bits per heavy atom. The summed E-state index contributed by atoms with van der Waals surface area (Å²) in [6.45, 7) is 0. The summed E-state index contributed by atoms with van der Waals surface area (Å²) in [7, 11) is 0. The van der Waals surface area contributed by atoms with Gasteiger partial charge in [-0.3, -0.25) is 0 Å². The molecule has 0 unspecified atom stereocenters. The van der Waals surface area contributed by atoms with Crippen molar-refractivity contribution in [1.82, 2.24) is 0 Å². The smallest absolute Gasteiger partial charge is 0.0646 e. The molecule has 0 saturated heterocycles. The molecule has 0 aliphatic rings. The number of nitrogen functional groups attached to an aromatic ring is 1. The normalized spacial score (nSPS) is 10.6. The van der Waals surface area contributed by atoms with Crippen molar-refractivity contribution < 1.29 is 0 Å². The highest BCUT2D eigenvalue weighted by molar-refractivity contribution is 9.10. The van der Waals surface area contributed by atoms with Crippen LogP contribution in [-0.2, 0) is 5.75 Å². The van der Waals surface area contributed by atoms with Crippen molar-refractivity contribution in [3.63, 3.8) is 0 Å². The zero-order valence-electron chi connectivity index (χ0n) is 8.24. The summed E-state index contributed by atoms with van der Waals surface area (Å²) >= 11 is 13.0. The molecule has 84 valence electrons. The van der Waals surface area contributed by atoms with Crippen LogP contribution in [0.3, 0.4) is 0 Å². The average molecular weight is 335 g/mol. The number of rotatable bonds is 3. The molecule has 2 aromatic rings. The first-order valence-electron chi connectivity index (χ1n) is 4.56. The van der Waals surface area contributed by atoms with Gasteiger partial charge in [0.25, 0.3) is 0 Å². The molecule has 1 heterocycles. The van der Waals surface area contributed by atoms with Gasteiger partial charge in [-0.2, -0.15) is 0 Å². The SMILES string of the molecule is Nc1ccc(SCc2sccc2Br)cc1Cl. The molecule has 16 heavy (non-hydrogen) atoms. The molecule has 1 aromatic heterocycles. The van der Waals surface area contributed by atoms with Gasteiger partial charge in [0.1, 0.15) is 0 Å². The summed E-state index contributed by atoms with van der Waals surface area (Å²) in [6.07, 6.45) is 0. The topological polar surface area (TPSA) is 26.0 Å². The zero-order chi connectivity index (χ0) is 11.5. The number of hydrogen-bond donors (Lipinski definition) is 1. The molecular formula is C11H9BrClNS2. The van der Waals surface area contributed by atoms with E-state index in [9.17, 15) is 0 Å². The Balaban J connectivity index is 2.05. The van der Waals surface area contributed by atoms with Gasteiger partial charge in [0.2, 0.25) is 0 Å². The van der Waals surface area contributed by atoms with Crippen LogP contribution in [0.4, 0.5) is 5.69 Å². The zero-order valence-corrected chi connectivity index (χ0v) is 12.2. The quantitative estimate of drug-likeness (QED) is 0.628. The fourth-order valence-corrected chi connectivity index (χ4v) is 4.15. The molecule has 0 radical (unpaired) electrons. The van der Waals surface area contributed by atoms with E-state index in [2.05, 4.69) is 27.4 Å². The van der Waals surface area contributed by atoms with Crippen LogP contribution in [0.2, 0.25) is 5.02 Å². The molecule has 0 amide bonds. The van der Waals surface area contributed by atoms with E-state index < -0.39 is 0 Å². The first-order chi connectivity index (χ1) is 7.66. The third-order valence-corrected chi connectivity index (χ3v) is 5.49. The number of benzene rings is 1. The van der Waals surface area contributed by atoms with Crippen molar-refractivity contribution in [2.45, 2.75) is 10.6 Å². The van der Waals surface area contributed by atoms with E-state index >= 15 is 0 Å². The van der Waals surface area contributed by atoms with Gasteiger partial charge in [-0.1, -0.05) is 11.6 Å². The van der Waals surface area contributed by atoms with Crippen LogP contribution in [0.5, 0.6) is 0 Å². The fraction of sp³-hybridized carbons (Fsp3) is 0.0909. The maximum absolute atomic E-state index is 5.96. The van der Waals surface area contributed by atoms with Gasteiger partial charge >= 0.3 is 0 Å². The van der Waals surface area contributed by atoms with Gasteiger partial charge in [0.05, 0.1) is 10.7 Å². The van der Waals surface area contributed by atoms with E-state index in [-0.39, 0.29) is 0 Å². The predicted octanol–water partition coefficient (Wildman–Crippen LogP) is 5.04. The Morgan fingerprint density at radius 3 is 2.81 bits per heavy atom. The molecule has 2 rings (SSSR count). The first kappa shape index (κ1) is 12.3. The molecule has 0 atom stereocenters. The van der Waals surface area contributed by atoms with Gasteiger partial charge < -0.3 is 5.73 Å². The third kappa shape index (κ3) is 2.94. The lowest BCUT2D eigenvalue weighted by Crippen LogP contribution is -1.85. The number of halogens is 2. The summed E-state index contributed by atoms with van der Waals surface area (Å²) in [5.74, 6) is 0.943. The van der Waals surface area contributed by atoms with Gasteiger partial charge in [0.15, 0.2) is 0 Å². The summed E-state index contributed by atoms with van der Waals surface area (Å²) < 4.78 is 1.17. The van der Waals surface area contributed by atoms with Crippen LogP contribution in [0.25, 0.3) is 0 Å². The Morgan fingerprint density at radius 1 is 1.38 bits per heavy atom. The average Bonchev–Trinajstić information content (AvgIpc) is 2.66. The molecule has 0 aliphatic heterocycles. The van der Waals surface area contributed by atoms with Crippen LogP contribution >= 0.6 is 50.6 Å². The Kier molecular flexibility index (Phi) is 4.19. The Labute approximate surface area is 116 Å². The van der Waals surface area contributed by atoms with Gasteiger partial charge in [-0.15, -0.1) is 23.1 Å². The van der Waals surface area contributed by atoms with Crippen LogP contribution < -0.4 is 5.73 Å². The molecule has 1 aromatic carbocycles. The summed E-state index contributed by atoms with van der Waals surface area (Å²) in [4.78, 5) is 2.47. The molecule has 0 saturated carbocycles. The molecule has 0 fully saturated rings. The van der Waals surface area contributed by atoms with E-state index in [1.165, 1.54) is 9.35 Å². The second-order valence-corrected chi connectivity index (χ2v) is 6.47. The van der Waals surface area contributed by atoms with Crippen molar-refractivity contribution in [3.05, 3.63) is 44.0 Å². The van der Waals surface area contributed by atoms with Crippen molar-refractivity contribution in [2.75, 3.05) is 5.73 Å². The van der Waals surface area contributed by atoms with Crippen molar-refractivity contribution in [1.29, 1.82) is 0 Å². The van der Waals surface area contributed by atoms with Crippen LogP contribution in [0.1, 0.15) is 4.88 Å². The molecule has 0 spiro atoms. The lowest BCUT2D eigenvalue weighted by molar-refractivity contribution is 1.42. The minimum Gasteiger partial charge on any atom is -0.398 e. The maximum Gasteiger partial charge on any atom is 0.0646 e.